The van der Waals surface area contributed by atoms with Crippen molar-refractivity contribution in [1.82, 2.24) is 13.9 Å². The number of fused-ring (bicyclic) bond motifs is 1. The summed E-state index contributed by atoms with van der Waals surface area (Å²) in [7, 11) is -3.63. The molecule has 6 nitrogen and oxygen atoms in total. The zero-order valence-corrected chi connectivity index (χ0v) is 13.9. The van der Waals surface area contributed by atoms with Crippen LogP contribution >= 0.6 is 0 Å². The van der Waals surface area contributed by atoms with Gasteiger partial charge in [0.05, 0.1) is 0 Å². The molecule has 124 valence electrons. The van der Waals surface area contributed by atoms with Crippen molar-refractivity contribution in [2.45, 2.75) is 37.4 Å². The molecule has 0 bridgehead atoms. The summed E-state index contributed by atoms with van der Waals surface area (Å²) in [6.45, 7) is 1.70. The van der Waals surface area contributed by atoms with E-state index in [9.17, 15) is 8.42 Å². The van der Waals surface area contributed by atoms with E-state index in [0.717, 1.165) is 37.2 Å². The summed E-state index contributed by atoms with van der Waals surface area (Å²) < 4.78 is 29.2. The molecular weight excluding hydrogens is 312 g/mol. The van der Waals surface area contributed by atoms with E-state index < -0.39 is 10.0 Å². The molecule has 3 rings (SSSR count). The van der Waals surface area contributed by atoms with E-state index in [1.54, 1.807) is 6.20 Å². The smallest absolute Gasteiger partial charge is 0.262 e. The highest BCUT2D eigenvalue weighted by Gasteiger charge is 2.28. The fourth-order valence-corrected chi connectivity index (χ4v) is 4.27. The molecule has 23 heavy (non-hydrogen) atoms. The molecule has 0 spiro atoms. The molecule has 7 heteroatoms. The van der Waals surface area contributed by atoms with Crippen LogP contribution in [0.5, 0.6) is 0 Å². The minimum Gasteiger partial charge on any atom is -0.333 e. The minimum absolute atomic E-state index is 0.138. The van der Waals surface area contributed by atoms with E-state index in [1.165, 1.54) is 4.31 Å². The fourth-order valence-electron chi connectivity index (χ4n) is 2.86. The van der Waals surface area contributed by atoms with Crippen molar-refractivity contribution < 1.29 is 8.42 Å². The van der Waals surface area contributed by atoms with Gasteiger partial charge >= 0.3 is 0 Å². The van der Waals surface area contributed by atoms with Crippen molar-refractivity contribution >= 4 is 10.0 Å². The third-order valence-electron chi connectivity index (χ3n) is 4.07. The third-order valence-corrected chi connectivity index (χ3v) is 5.79. The summed E-state index contributed by atoms with van der Waals surface area (Å²) >= 11 is 0. The molecule has 1 aliphatic rings. The molecule has 0 saturated carbocycles. The monoisotopic (exact) mass is 334 g/mol. The standard InChI is InChI=1S/C16H22N4O2S/c17-9-11-20(12-14-6-2-1-3-7-14)23(21,22)16-13-19-10-5-4-8-15(19)18-16/h1-3,6-7,13H,4-5,8-12,17H2. The molecule has 2 N–H and O–H groups in total. The van der Waals surface area contributed by atoms with Gasteiger partial charge in [0, 0.05) is 38.8 Å². The van der Waals surface area contributed by atoms with Gasteiger partial charge in [0.1, 0.15) is 5.82 Å². The van der Waals surface area contributed by atoms with E-state index in [1.807, 2.05) is 34.9 Å². The molecule has 0 fully saturated rings. The SMILES string of the molecule is NCCN(Cc1ccccc1)S(=O)(=O)c1cn2c(n1)CCCC2. The van der Waals surface area contributed by atoms with Gasteiger partial charge in [0.15, 0.2) is 5.03 Å². The first-order valence-electron chi connectivity index (χ1n) is 7.91. The molecule has 0 radical (unpaired) electrons. The number of benzene rings is 1. The Hall–Kier alpha value is -1.70. The minimum atomic E-state index is -3.63. The molecule has 1 aromatic carbocycles. The highest BCUT2D eigenvalue weighted by molar-refractivity contribution is 7.89. The van der Waals surface area contributed by atoms with Gasteiger partial charge in [-0.25, -0.2) is 13.4 Å². The number of aryl methyl sites for hydroxylation is 2. The normalized spacial score (nSPS) is 14.9. The molecule has 0 aliphatic carbocycles. The van der Waals surface area contributed by atoms with Crippen LogP contribution in [0.4, 0.5) is 0 Å². The van der Waals surface area contributed by atoms with Crippen LogP contribution < -0.4 is 5.73 Å². The van der Waals surface area contributed by atoms with Gasteiger partial charge in [-0.15, -0.1) is 0 Å². The number of aromatic nitrogens is 2. The van der Waals surface area contributed by atoms with Crippen molar-refractivity contribution in [3.63, 3.8) is 0 Å². The first-order valence-corrected chi connectivity index (χ1v) is 9.35. The third kappa shape index (κ3) is 3.46. The Bertz CT molecular complexity index is 732. The van der Waals surface area contributed by atoms with Gasteiger partial charge in [-0.3, -0.25) is 0 Å². The maximum Gasteiger partial charge on any atom is 0.262 e. The number of nitrogens with zero attached hydrogens (tertiary/aromatic N) is 3. The average Bonchev–Trinajstić information content (AvgIpc) is 3.00. The van der Waals surface area contributed by atoms with Gasteiger partial charge in [0.2, 0.25) is 0 Å². The van der Waals surface area contributed by atoms with Crippen LogP contribution in [0.2, 0.25) is 0 Å². The number of hydrogen-bond donors (Lipinski definition) is 1. The van der Waals surface area contributed by atoms with E-state index in [2.05, 4.69) is 4.98 Å². The largest absolute Gasteiger partial charge is 0.333 e. The molecule has 0 unspecified atom stereocenters. The topological polar surface area (TPSA) is 81.2 Å². The second-order valence-electron chi connectivity index (χ2n) is 5.76. The summed E-state index contributed by atoms with van der Waals surface area (Å²) in [5.74, 6) is 0.863. The predicted molar refractivity (Wildman–Crippen MR) is 88.3 cm³/mol. The maximum atomic E-state index is 12.9. The summed E-state index contributed by atoms with van der Waals surface area (Å²) in [5.41, 5.74) is 6.56. The summed E-state index contributed by atoms with van der Waals surface area (Å²) in [5, 5.41) is 0.138. The van der Waals surface area contributed by atoms with Crippen LogP contribution in [0.1, 0.15) is 24.2 Å². The van der Waals surface area contributed by atoms with Crippen LogP contribution in [-0.2, 0) is 29.5 Å². The second kappa shape index (κ2) is 6.82. The Kier molecular flexibility index (Phi) is 4.79. The number of nitrogens with two attached hydrogens (primary N) is 1. The van der Waals surface area contributed by atoms with Gasteiger partial charge in [-0.1, -0.05) is 30.3 Å². The predicted octanol–water partition coefficient (Wildman–Crippen LogP) is 1.37. The van der Waals surface area contributed by atoms with Crippen LogP contribution in [0.25, 0.3) is 0 Å². The summed E-state index contributed by atoms with van der Waals surface area (Å²) in [4.78, 5) is 4.36. The lowest BCUT2D eigenvalue weighted by molar-refractivity contribution is 0.412. The quantitative estimate of drug-likeness (QED) is 0.865. The molecule has 0 saturated heterocycles. The van der Waals surface area contributed by atoms with Crippen molar-refractivity contribution in [2.75, 3.05) is 13.1 Å². The molecule has 2 heterocycles. The Labute approximate surface area is 137 Å². The lowest BCUT2D eigenvalue weighted by Crippen LogP contribution is -2.35. The number of rotatable bonds is 6. The van der Waals surface area contributed by atoms with Crippen LogP contribution in [0.15, 0.2) is 41.6 Å². The number of hydrogen-bond acceptors (Lipinski definition) is 4. The second-order valence-corrected chi connectivity index (χ2v) is 7.64. The van der Waals surface area contributed by atoms with Gasteiger partial charge in [-0.05, 0) is 18.4 Å². The highest BCUT2D eigenvalue weighted by Crippen LogP contribution is 2.21. The Morgan fingerprint density at radius 1 is 1.22 bits per heavy atom. The molecular formula is C16H22N4O2S. The lowest BCUT2D eigenvalue weighted by Gasteiger charge is -2.20. The van der Waals surface area contributed by atoms with Crippen LogP contribution in [-0.4, -0.2) is 35.4 Å². The fraction of sp³-hybridized carbons (Fsp3) is 0.438. The first-order chi connectivity index (χ1) is 11.1. The number of sulfonamides is 1. The van der Waals surface area contributed by atoms with Crippen molar-refractivity contribution in [3.05, 3.63) is 47.9 Å². The Balaban J connectivity index is 1.89. The average molecular weight is 334 g/mol. The van der Waals surface area contributed by atoms with Crippen molar-refractivity contribution in [1.29, 1.82) is 0 Å². The highest BCUT2D eigenvalue weighted by atomic mass is 32.2. The zero-order chi connectivity index (χ0) is 16.3. The van der Waals surface area contributed by atoms with E-state index in [-0.39, 0.29) is 18.1 Å². The molecule has 2 aromatic rings. The molecule has 0 amide bonds. The Morgan fingerprint density at radius 3 is 2.70 bits per heavy atom. The van der Waals surface area contributed by atoms with E-state index in [4.69, 9.17) is 5.73 Å². The summed E-state index contributed by atoms with van der Waals surface area (Å²) in [6.07, 6.45) is 4.63. The lowest BCUT2D eigenvalue weighted by atomic mass is 10.2. The van der Waals surface area contributed by atoms with Gasteiger partial charge in [0.25, 0.3) is 10.0 Å². The Morgan fingerprint density at radius 2 is 2.00 bits per heavy atom. The van der Waals surface area contributed by atoms with E-state index in [0.29, 0.717) is 6.54 Å². The van der Waals surface area contributed by atoms with Crippen LogP contribution in [0.3, 0.4) is 0 Å². The number of imidazole rings is 1. The zero-order valence-electron chi connectivity index (χ0n) is 13.1. The van der Waals surface area contributed by atoms with E-state index >= 15 is 0 Å². The summed E-state index contributed by atoms with van der Waals surface area (Å²) in [6, 6.07) is 9.54. The first kappa shape index (κ1) is 16.2. The molecule has 1 aromatic heterocycles. The van der Waals surface area contributed by atoms with Gasteiger partial charge < -0.3 is 10.3 Å². The van der Waals surface area contributed by atoms with Crippen LogP contribution in [0, 0.1) is 0 Å². The maximum absolute atomic E-state index is 12.9. The van der Waals surface area contributed by atoms with Crippen molar-refractivity contribution in [2.24, 2.45) is 5.73 Å². The molecule has 0 atom stereocenters. The molecule has 1 aliphatic heterocycles. The van der Waals surface area contributed by atoms with Gasteiger partial charge in [-0.2, -0.15) is 4.31 Å². The van der Waals surface area contributed by atoms with Crippen molar-refractivity contribution in [3.8, 4) is 0 Å².